The predicted octanol–water partition coefficient (Wildman–Crippen LogP) is 6.52. The van der Waals surface area contributed by atoms with Gasteiger partial charge in [0.1, 0.15) is 24.4 Å². The van der Waals surface area contributed by atoms with E-state index in [2.05, 4.69) is 57.3 Å². The molecule has 9 heteroatoms. The second-order valence-corrected chi connectivity index (χ2v) is 13.9. The molecule has 2 fully saturated rings. The van der Waals surface area contributed by atoms with Gasteiger partial charge in [-0.15, -0.1) is 0 Å². The number of ether oxygens (including phenoxy) is 2. The summed E-state index contributed by atoms with van der Waals surface area (Å²) >= 11 is 0. The minimum absolute atomic E-state index is 0.106. The van der Waals surface area contributed by atoms with Crippen LogP contribution in [0.3, 0.4) is 0 Å². The third-order valence-corrected chi connectivity index (χ3v) is 10.9. The Morgan fingerprint density at radius 1 is 1.00 bits per heavy atom. The van der Waals surface area contributed by atoms with Crippen LogP contribution < -0.4 is 9.64 Å². The highest BCUT2D eigenvalue weighted by molar-refractivity contribution is 5.67. The number of halogens is 1. The van der Waals surface area contributed by atoms with Crippen LogP contribution >= 0.6 is 0 Å². The van der Waals surface area contributed by atoms with Crippen LogP contribution in [0.5, 0.6) is 11.9 Å². The first-order valence-electron chi connectivity index (χ1n) is 17.1. The molecule has 4 heterocycles. The van der Waals surface area contributed by atoms with Crippen LogP contribution in [0.25, 0.3) is 0 Å². The Morgan fingerprint density at radius 3 is 2.48 bits per heavy atom. The summed E-state index contributed by atoms with van der Waals surface area (Å²) in [7, 11) is 0. The fourth-order valence-corrected chi connectivity index (χ4v) is 8.62. The number of hydrogen-bond donors (Lipinski definition) is 1. The third-order valence-electron chi connectivity index (χ3n) is 10.9. The van der Waals surface area contributed by atoms with Crippen LogP contribution in [0.15, 0.2) is 72.8 Å². The Kier molecular flexibility index (Phi) is 8.02. The number of fused-ring (bicyclic) bond motifs is 4. The van der Waals surface area contributed by atoms with E-state index in [1.807, 2.05) is 36.4 Å². The maximum absolute atomic E-state index is 14.4. The first kappa shape index (κ1) is 30.8. The minimum Gasteiger partial charge on any atom is -0.493 e. The van der Waals surface area contributed by atoms with Crippen LogP contribution in [0.4, 0.5) is 10.1 Å². The van der Waals surface area contributed by atoms with Gasteiger partial charge in [0, 0.05) is 38.0 Å². The standard InChI is InChI=1S/C39H40FN5O3/c40-30-19-38(16-8-18-45(38)24-30)26-47-37-42-33-20-39(48-25-32(33)36(46)43-37)17-7-13-29-14-15-34(31(21-41)35(29)39)44(22-27-9-3-1-4-10-27)23-28-11-5-2-6-12-28/h1-6,9-12,14-15,30H,7-8,13,16-20,22-26H2,(H,42,43,46)/t30-,38+,39+/m1/s1. The molecule has 0 saturated carbocycles. The average Bonchev–Trinajstić information content (AvgIpc) is 3.63. The normalized spacial score (nSPS) is 24.5. The summed E-state index contributed by atoms with van der Waals surface area (Å²) < 4.78 is 27.2. The van der Waals surface area contributed by atoms with Crippen LogP contribution in [0.2, 0.25) is 0 Å². The van der Waals surface area contributed by atoms with Crippen LogP contribution in [-0.4, -0.2) is 51.4 Å². The number of nitrogens with zero attached hydrogens (tertiary/aromatic N) is 5. The Labute approximate surface area is 280 Å². The average molecular weight is 646 g/mol. The van der Waals surface area contributed by atoms with Gasteiger partial charge >= 0.3 is 6.01 Å². The van der Waals surface area contributed by atoms with Gasteiger partial charge in [0.2, 0.25) is 5.88 Å². The second kappa shape index (κ2) is 12.5. The first-order valence-corrected chi connectivity index (χ1v) is 17.1. The van der Waals surface area contributed by atoms with Crippen molar-refractivity contribution in [2.75, 3.05) is 24.6 Å². The van der Waals surface area contributed by atoms with Gasteiger partial charge in [0.15, 0.2) is 0 Å². The van der Waals surface area contributed by atoms with Gasteiger partial charge < -0.3 is 19.5 Å². The van der Waals surface area contributed by atoms with Gasteiger partial charge in [-0.1, -0.05) is 66.7 Å². The molecule has 3 atom stereocenters. The van der Waals surface area contributed by atoms with Crippen molar-refractivity contribution < 1.29 is 19.0 Å². The molecule has 2 saturated heterocycles. The van der Waals surface area contributed by atoms with Crippen LogP contribution in [0.1, 0.15) is 71.2 Å². The number of nitriles is 1. The Morgan fingerprint density at radius 2 is 1.75 bits per heavy atom. The minimum atomic E-state index is -0.856. The largest absolute Gasteiger partial charge is 0.493 e. The summed E-state index contributed by atoms with van der Waals surface area (Å²) in [6.45, 7) is 3.02. The smallest absolute Gasteiger partial charge is 0.320 e. The van der Waals surface area contributed by atoms with Gasteiger partial charge in [-0.3, -0.25) is 4.90 Å². The van der Waals surface area contributed by atoms with Crippen molar-refractivity contribution in [1.82, 2.24) is 14.9 Å². The van der Waals surface area contributed by atoms with E-state index in [-0.39, 0.29) is 30.6 Å². The maximum Gasteiger partial charge on any atom is 0.320 e. The highest BCUT2D eigenvalue weighted by Gasteiger charge is 2.50. The molecule has 3 aromatic carbocycles. The molecule has 1 aliphatic carbocycles. The molecule has 8 rings (SSSR count). The fourth-order valence-electron chi connectivity index (χ4n) is 8.62. The Balaban J connectivity index is 1.14. The van der Waals surface area contributed by atoms with E-state index < -0.39 is 11.8 Å². The number of alkyl halides is 1. The van der Waals surface area contributed by atoms with Crippen molar-refractivity contribution >= 4 is 5.69 Å². The molecule has 4 aliphatic rings. The lowest BCUT2D eigenvalue weighted by Gasteiger charge is -2.43. The molecule has 0 amide bonds. The monoisotopic (exact) mass is 645 g/mol. The third kappa shape index (κ3) is 5.57. The zero-order valence-corrected chi connectivity index (χ0v) is 27.1. The number of aryl methyl sites for hydroxylation is 1. The maximum atomic E-state index is 14.4. The topological polar surface area (TPSA) is 94.7 Å². The molecule has 1 spiro atoms. The van der Waals surface area contributed by atoms with Crippen LogP contribution in [0, 0.1) is 11.3 Å². The summed E-state index contributed by atoms with van der Waals surface area (Å²) in [6, 6.07) is 27.6. The molecular weight excluding hydrogens is 605 g/mol. The molecule has 0 radical (unpaired) electrons. The Hall–Kier alpha value is -4.52. The zero-order chi connectivity index (χ0) is 32.7. The molecule has 0 unspecified atom stereocenters. The summed E-state index contributed by atoms with van der Waals surface area (Å²) in [6.07, 6.45) is 4.37. The molecule has 4 aromatic rings. The number of hydrogen-bond acceptors (Lipinski definition) is 8. The van der Waals surface area contributed by atoms with Crippen molar-refractivity contribution in [3.63, 3.8) is 0 Å². The van der Waals surface area contributed by atoms with E-state index in [0.717, 1.165) is 66.6 Å². The van der Waals surface area contributed by atoms with E-state index in [0.29, 0.717) is 49.3 Å². The fraction of sp³-hybridized carbons (Fsp3) is 0.410. The van der Waals surface area contributed by atoms with Crippen molar-refractivity contribution in [2.45, 2.75) is 82.0 Å². The zero-order valence-electron chi connectivity index (χ0n) is 27.1. The molecule has 3 aliphatic heterocycles. The van der Waals surface area contributed by atoms with Gasteiger partial charge in [-0.2, -0.15) is 15.2 Å². The number of aromatic hydroxyl groups is 1. The lowest BCUT2D eigenvalue weighted by Crippen LogP contribution is -2.43. The van der Waals surface area contributed by atoms with E-state index in [1.165, 1.54) is 0 Å². The van der Waals surface area contributed by atoms with Gasteiger partial charge in [0.05, 0.1) is 34.7 Å². The molecule has 0 bridgehead atoms. The van der Waals surface area contributed by atoms with E-state index in [1.54, 1.807) is 0 Å². The molecule has 1 N–H and O–H groups in total. The molecule has 8 nitrogen and oxygen atoms in total. The van der Waals surface area contributed by atoms with Crippen molar-refractivity contribution in [2.24, 2.45) is 0 Å². The highest BCUT2D eigenvalue weighted by Crippen LogP contribution is 2.49. The highest BCUT2D eigenvalue weighted by atomic mass is 19.1. The summed E-state index contributed by atoms with van der Waals surface area (Å²) in [5.74, 6) is -0.150. The number of rotatable bonds is 8. The molecule has 246 valence electrons. The summed E-state index contributed by atoms with van der Waals surface area (Å²) in [4.78, 5) is 13.6. The van der Waals surface area contributed by atoms with Gasteiger partial charge in [-0.25, -0.2) is 4.39 Å². The molecule has 48 heavy (non-hydrogen) atoms. The van der Waals surface area contributed by atoms with E-state index >= 15 is 0 Å². The number of benzene rings is 3. The van der Waals surface area contributed by atoms with Crippen molar-refractivity contribution in [3.8, 4) is 18.0 Å². The summed E-state index contributed by atoms with van der Waals surface area (Å²) in [5.41, 5.74) is 5.95. The Bertz CT molecular complexity index is 1810. The molecule has 1 aromatic heterocycles. The lowest BCUT2D eigenvalue weighted by molar-refractivity contribution is -0.0866. The van der Waals surface area contributed by atoms with E-state index in [9.17, 15) is 14.8 Å². The summed E-state index contributed by atoms with van der Waals surface area (Å²) in [5, 5.41) is 21.9. The first-order chi connectivity index (χ1) is 23.5. The van der Waals surface area contributed by atoms with E-state index in [4.69, 9.17) is 14.5 Å². The second-order valence-electron chi connectivity index (χ2n) is 13.9. The molecular formula is C39H40FN5O3. The van der Waals surface area contributed by atoms with Gasteiger partial charge in [-0.05, 0) is 61.4 Å². The number of aromatic nitrogens is 2. The SMILES string of the molecule is N#Cc1c(N(Cc2ccccc2)Cc2ccccc2)ccc2c1[C@]1(CCC2)Cc2nc(OC[C@@]34CCCN3C[C@H](F)C4)nc(O)c2CO1. The van der Waals surface area contributed by atoms with Crippen molar-refractivity contribution in [3.05, 3.63) is 112 Å². The predicted molar refractivity (Wildman–Crippen MR) is 179 cm³/mol. The quantitative estimate of drug-likeness (QED) is 0.232. The van der Waals surface area contributed by atoms with Crippen LogP contribution in [-0.2, 0) is 42.9 Å². The van der Waals surface area contributed by atoms with Gasteiger partial charge in [0.25, 0.3) is 0 Å². The number of anilines is 1. The lowest BCUT2D eigenvalue weighted by atomic mass is 9.72. The van der Waals surface area contributed by atoms with Crippen molar-refractivity contribution in [1.29, 1.82) is 5.26 Å².